The Kier molecular flexibility index (Phi) is 5.29. The summed E-state index contributed by atoms with van der Waals surface area (Å²) in [5, 5.41) is 0.837. The molecule has 0 atom stereocenters. The molecule has 0 heterocycles. The molecule has 0 saturated carbocycles. The van der Waals surface area contributed by atoms with Gasteiger partial charge in [0.25, 0.3) is 9.04 Å². The van der Waals surface area contributed by atoms with Gasteiger partial charge in [-0.15, -0.1) is 0 Å². The lowest BCUT2D eigenvalue weighted by molar-refractivity contribution is 0.556. The first kappa shape index (κ1) is 15.3. The molecule has 0 N–H and O–H groups in total. The van der Waals surface area contributed by atoms with Gasteiger partial charge >= 0.3 is 0 Å². The van der Waals surface area contributed by atoms with Gasteiger partial charge in [-0.3, -0.25) is 0 Å². The minimum absolute atomic E-state index is 0.143. The Hall–Kier alpha value is 0.197. The van der Waals surface area contributed by atoms with Crippen molar-refractivity contribution in [2.24, 2.45) is 0 Å². The monoisotopic (exact) mass is 377 g/mol. The summed E-state index contributed by atoms with van der Waals surface area (Å²) >= 11 is 7.16. The van der Waals surface area contributed by atoms with E-state index in [-0.39, 0.29) is 5.41 Å². The summed E-state index contributed by atoms with van der Waals surface area (Å²) in [7, 11) is -0.740. The molecule has 0 amide bonds. The lowest BCUT2D eigenvalue weighted by Crippen LogP contribution is -2.15. The maximum atomic E-state index is 5.96. The number of hydrogen-bond acceptors (Lipinski definition) is 1. The average Bonchev–Trinajstić information content (AvgIpc) is 2.18. The molecule has 1 nitrogen and oxygen atoms in total. The lowest BCUT2D eigenvalue weighted by Gasteiger charge is -2.23. The second kappa shape index (κ2) is 5.89. The third kappa shape index (κ3) is 4.11. The van der Waals surface area contributed by atoms with Crippen LogP contribution in [0.1, 0.15) is 31.9 Å². The molecule has 0 spiro atoms. The van der Waals surface area contributed by atoms with Gasteiger partial charge < -0.3 is 4.43 Å². The van der Waals surface area contributed by atoms with Crippen molar-refractivity contribution in [1.29, 1.82) is 0 Å². The Morgan fingerprint density at radius 3 is 2.24 bits per heavy atom. The van der Waals surface area contributed by atoms with Crippen molar-refractivity contribution in [1.82, 2.24) is 0 Å². The average molecular weight is 379 g/mol. The fraction of sp³-hybridized carbons (Fsp3) is 0.538. The molecule has 95 valence electrons. The van der Waals surface area contributed by atoms with Crippen LogP contribution in [0.3, 0.4) is 0 Å². The highest BCUT2D eigenvalue weighted by atomic mass is 79.9. The van der Waals surface area contributed by atoms with E-state index in [2.05, 4.69) is 77.9 Å². The van der Waals surface area contributed by atoms with E-state index < -0.39 is 9.04 Å². The molecule has 4 heteroatoms. The molecule has 0 aliphatic rings. The van der Waals surface area contributed by atoms with Crippen molar-refractivity contribution in [2.75, 3.05) is 0 Å². The fourth-order valence-corrected chi connectivity index (χ4v) is 3.50. The predicted octanol–water partition coefficient (Wildman–Crippen LogP) is 5.27. The Balaban J connectivity index is 3.28. The molecular weight excluding hydrogens is 360 g/mol. The van der Waals surface area contributed by atoms with E-state index in [4.69, 9.17) is 4.43 Å². The smallest absolute Gasteiger partial charge is 0.274 e. The van der Waals surface area contributed by atoms with E-state index in [0.29, 0.717) is 0 Å². The van der Waals surface area contributed by atoms with Crippen LogP contribution in [0.25, 0.3) is 0 Å². The molecule has 0 fully saturated rings. The summed E-state index contributed by atoms with van der Waals surface area (Å²) in [5.41, 5.74) is 2.70. The van der Waals surface area contributed by atoms with E-state index in [1.165, 1.54) is 11.1 Å². The van der Waals surface area contributed by atoms with Crippen LogP contribution >= 0.6 is 31.9 Å². The van der Waals surface area contributed by atoms with Crippen molar-refractivity contribution in [3.05, 3.63) is 27.7 Å². The number of rotatable bonds is 3. The molecule has 0 aromatic heterocycles. The Labute approximate surface area is 123 Å². The second-order valence-electron chi connectivity index (χ2n) is 5.34. The first-order chi connectivity index (χ1) is 7.75. The standard InChI is InChI=1S/C13H19Br2OSi/c1-13(2,3)10-6-9(8-14)12(15)11(7-10)16-17(4)5/h6-7H,8H2,1-5H3. The third-order valence-electron chi connectivity index (χ3n) is 2.44. The zero-order valence-electron chi connectivity index (χ0n) is 11.0. The molecule has 0 aliphatic heterocycles. The van der Waals surface area contributed by atoms with Crippen molar-refractivity contribution < 1.29 is 4.43 Å². The highest BCUT2D eigenvalue weighted by Gasteiger charge is 2.18. The van der Waals surface area contributed by atoms with Crippen LogP contribution in [0.4, 0.5) is 0 Å². The topological polar surface area (TPSA) is 9.23 Å². The van der Waals surface area contributed by atoms with E-state index in [1.807, 2.05) is 0 Å². The van der Waals surface area contributed by atoms with Crippen molar-refractivity contribution >= 4 is 40.9 Å². The zero-order chi connectivity index (χ0) is 13.2. The summed E-state index contributed by atoms with van der Waals surface area (Å²) in [6.45, 7) is 11.0. The number of benzene rings is 1. The summed E-state index contributed by atoms with van der Waals surface area (Å²) in [6.07, 6.45) is 0. The molecule has 0 aliphatic carbocycles. The number of halogens is 2. The van der Waals surface area contributed by atoms with Gasteiger partial charge in [0.15, 0.2) is 0 Å². The van der Waals surface area contributed by atoms with Crippen LogP contribution < -0.4 is 4.43 Å². The van der Waals surface area contributed by atoms with Gasteiger partial charge in [-0.25, -0.2) is 0 Å². The maximum absolute atomic E-state index is 5.96. The molecular formula is C13H19Br2OSi. The molecule has 0 unspecified atom stereocenters. The Morgan fingerprint density at radius 1 is 1.24 bits per heavy atom. The Bertz CT molecular complexity index is 397. The predicted molar refractivity (Wildman–Crippen MR) is 83.6 cm³/mol. The van der Waals surface area contributed by atoms with Gasteiger partial charge in [-0.1, -0.05) is 42.8 Å². The molecule has 1 rings (SSSR count). The Morgan fingerprint density at radius 2 is 1.82 bits per heavy atom. The van der Waals surface area contributed by atoms with Crippen molar-refractivity contribution in [2.45, 2.75) is 44.6 Å². The largest absolute Gasteiger partial charge is 0.542 e. The summed E-state index contributed by atoms with van der Waals surface area (Å²) in [5.74, 6) is 0.978. The molecule has 0 bridgehead atoms. The van der Waals surface area contributed by atoms with Crippen LogP contribution in [0.15, 0.2) is 16.6 Å². The van der Waals surface area contributed by atoms with Gasteiger partial charge in [0.2, 0.25) is 0 Å². The van der Waals surface area contributed by atoms with Gasteiger partial charge in [-0.2, -0.15) is 0 Å². The lowest BCUT2D eigenvalue weighted by atomic mass is 9.86. The second-order valence-corrected chi connectivity index (χ2v) is 8.72. The minimum atomic E-state index is -0.740. The fourth-order valence-electron chi connectivity index (χ4n) is 1.48. The quantitative estimate of drug-likeness (QED) is 0.514. The number of alkyl halides is 1. The first-order valence-electron chi connectivity index (χ1n) is 5.62. The van der Waals surface area contributed by atoms with Crippen molar-refractivity contribution in [3.8, 4) is 5.75 Å². The molecule has 0 saturated heterocycles. The third-order valence-corrected chi connectivity index (χ3v) is 4.57. The van der Waals surface area contributed by atoms with Gasteiger partial charge in [0, 0.05) is 5.33 Å². The van der Waals surface area contributed by atoms with Crippen LogP contribution in [0.2, 0.25) is 13.1 Å². The molecule has 1 aromatic rings. The highest BCUT2D eigenvalue weighted by molar-refractivity contribution is 9.11. The van der Waals surface area contributed by atoms with Gasteiger partial charge in [0.1, 0.15) is 5.75 Å². The van der Waals surface area contributed by atoms with Crippen molar-refractivity contribution in [3.63, 3.8) is 0 Å². The van der Waals surface area contributed by atoms with E-state index in [0.717, 1.165) is 15.6 Å². The molecule has 17 heavy (non-hydrogen) atoms. The summed E-state index contributed by atoms with van der Waals surface area (Å²) in [6, 6.07) is 4.40. The van der Waals surface area contributed by atoms with E-state index in [9.17, 15) is 0 Å². The zero-order valence-corrected chi connectivity index (χ0v) is 15.2. The summed E-state index contributed by atoms with van der Waals surface area (Å²) < 4.78 is 7.03. The minimum Gasteiger partial charge on any atom is -0.542 e. The number of hydrogen-bond donors (Lipinski definition) is 0. The molecule has 1 radical (unpaired) electrons. The van der Waals surface area contributed by atoms with E-state index in [1.54, 1.807) is 0 Å². The van der Waals surface area contributed by atoms with E-state index >= 15 is 0 Å². The SMILES string of the molecule is C[Si](C)Oc1cc(C(C)(C)C)cc(CBr)c1Br. The molecule has 1 aromatic carbocycles. The van der Waals surface area contributed by atoms with Gasteiger partial charge in [-0.05, 0) is 51.6 Å². The van der Waals surface area contributed by atoms with Crippen LogP contribution in [0.5, 0.6) is 5.75 Å². The normalized spacial score (nSPS) is 12.0. The van der Waals surface area contributed by atoms with Crippen LogP contribution in [-0.2, 0) is 10.7 Å². The maximum Gasteiger partial charge on any atom is 0.274 e. The van der Waals surface area contributed by atoms with Crippen LogP contribution in [-0.4, -0.2) is 9.04 Å². The van der Waals surface area contributed by atoms with Crippen LogP contribution in [0, 0.1) is 0 Å². The highest BCUT2D eigenvalue weighted by Crippen LogP contribution is 2.36. The first-order valence-corrected chi connectivity index (χ1v) is 9.95. The van der Waals surface area contributed by atoms with Gasteiger partial charge in [0.05, 0.1) is 4.47 Å². The summed E-state index contributed by atoms with van der Waals surface area (Å²) in [4.78, 5) is 0.